The molecule has 1 saturated carbocycles. The van der Waals surface area contributed by atoms with Crippen LogP contribution in [0.15, 0.2) is 48.5 Å². The summed E-state index contributed by atoms with van der Waals surface area (Å²) in [5.41, 5.74) is 4.53. The van der Waals surface area contributed by atoms with Gasteiger partial charge in [0.2, 0.25) is 0 Å². The Morgan fingerprint density at radius 3 is 2.07 bits per heavy atom. The number of rotatable bonds is 6. The number of nitriles is 1. The van der Waals surface area contributed by atoms with Crippen LogP contribution in [0.4, 0.5) is 0 Å². The molecular formula is C24H31NOSi. The molecular weight excluding hydrogens is 346 g/mol. The first-order valence-electron chi connectivity index (χ1n) is 9.96. The van der Waals surface area contributed by atoms with Crippen molar-refractivity contribution < 1.29 is 4.43 Å². The Balaban J connectivity index is 1.53. The minimum absolute atomic E-state index is 0.289. The van der Waals surface area contributed by atoms with Gasteiger partial charge in [-0.25, -0.2) is 0 Å². The molecule has 0 amide bonds. The van der Waals surface area contributed by atoms with E-state index < -0.39 is 8.32 Å². The zero-order valence-electron chi connectivity index (χ0n) is 17.3. The summed E-state index contributed by atoms with van der Waals surface area (Å²) >= 11 is 0. The van der Waals surface area contributed by atoms with Crippen molar-refractivity contribution in [2.75, 3.05) is 6.61 Å². The van der Waals surface area contributed by atoms with Crippen LogP contribution < -0.4 is 0 Å². The van der Waals surface area contributed by atoms with E-state index in [0.29, 0.717) is 11.5 Å². The van der Waals surface area contributed by atoms with Gasteiger partial charge in [0.1, 0.15) is 0 Å². The monoisotopic (exact) mass is 377 g/mol. The van der Waals surface area contributed by atoms with Gasteiger partial charge in [-0.2, -0.15) is 5.26 Å². The van der Waals surface area contributed by atoms with E-state index in [4.69, 9.17) is 9.69 Å². The fourth-order valence-electron chi connectivity index (χ4n) is 3.32. The van der Waals surface area contributed by atoms with Gasteiger partial charge in [-0.1, -0.05) is 57.2 Å². The molecule has 0 heterocycles. The Labute approximate surface area is 165 Å². The Hall–Kier alpha value is -1.89. The summed E-state index contributed by atoms with van der Waals surface area (Å²) < 4.78 is 6.34. The molecule has 1 fully saturated rings. The molecule has 142 valence electrons. The van der Waals surface area contributed by atoms with Gasteiger partial charge in [-0.15, -0.1) is 0 Å². The predicted octanol–water partition coefficient (Wildman–Crippen LogP) is 6.74. The third-order valence-corrected chi connectivity index (χ3v) is 10.9. The van der Waals surface area contributed by atoms with Crippen molar-refractivity contribution in [2.45, 2.75) is 57.7 Å². The van der Waals surface area contributed by atoms with Crippen LogP contribution in [-0.4, -0.2) is 14.9 Å². The zero-order valence-corrected chi connectivity index (χ0v) is 18.3. The van der Waals surface area contributed by atoms with Crippen LogP contribution in [0.3, 0.4) is 0 Å². The third kappa shape index (κ3) is 4.69. The van der Waals surface area contributed by atoms with E-state index >= 15 is 0 Å². The lowest BCUT2D eigenvalue weighted by molar-refractivity contribution is 0.274. The molecule has 0 aromatic heterocycles. The number of hydrogen-bond donors (Lipinski definition) is 0. The van der Waals surface area contributed by atoms with Gasteiger partial charge in [-0.3, -0.25) is 0 Å². The maximum Gasteiger partial charge on any atom is 0.191 e. The standard InChI is InChI=1S/C24H31NOSi/c1-24(2,3)27(4,5)26-15-14-22-16-23(22)21-12-10-20(11-13-21)19-8-6-18(17-25)7-9-19/h6-13,22-23H,14-16H2,1-5H3/t22-,23+/m1/s1. The first kappa shape index (κ1) is 19.9. The summed E-state index contributed by atoms with van der Waals surface area (Å²) in [7, 11) is -1.62. The van der Waals surface area contributed by atoms with Crippen molar-refractivity contribution >= 4 is 8.32 Å². The highest BCUT2D eigenvalue weighted by molar-refractivity contribution is 6.74. The van der Waals surface area contributed by atoms with Gasteiger partial charge in [0.15, 0.2) is 8.32 Å². The van der Waals surface area contributed by atoms with Crippen LogP contribution in [-0.2, 0) is 4.43 Å². The normalized spacial score (nSPS) is 19.6. The molecule has 3 heteroatoms. The molecule has 2 atom stereocenters. The Bertz CT molecular complexity index is 809. The molecule has 0 N–H and O–H groups in total. The first-order chi connectivity index (χ1) is 12.7. The lowest BCUT2D eigenvalue weighted by atomic mass is 10.0. The number of hydrogen-bond acceptors (Lipinski definition) is 2. The van der Waals surface area contributed by atoms with Crippen molar-refractivity contribution in [2.24, 2.45) is 5.92 Å². The Morgan fingerprint density at radius 1 is 1.00 bits per heavy atom. The van der Waals surface area contributed by atoms with Crippen molar-refractivity contribution in [1.29, 1.82) is 5.26 Å². The third-order valence-electron chi connectivity index (χ3n) is 6.37. The molecule has 27 heavy (non-hydrogen) atoms. The van der Waals surface area contributed by atoms with E-state index in [1.807, 2.05) is 24.3 Å². The molecule has 0 aliphatic heterocycles. The predicted molar refractivity (Wildman–Crippen MR) is 115 cm³/mol. The SMILES string of the molecule is CC(C)(C)[Si](C)(C)OCC[C@@H]1C[C@H]1c1ccc(-c2ccc(C#N)cc2)cc1. The zero-order chi connectivity index (χ0) is 19.7. The highest BCUT2D eigenvalue weighted by atomic mass is 28.4. The van der Waals surface area contributed by atoms with E-state index in [1.165, 1.54) is 24.0 Å². The van der Waals surface area contributed by atoms with E-state index in [0.717, 1.165) is 18.1 Å². The smallest absolute Gasteiger partial charge is 0.191 e. The average Bonchev–Trinajstić information content (AvgIpc) is 3.40. The highest BCUT2D eigenvalue weighted by Crippen LogP contribution is 2.50. The lowest BCUT2D eigenvalue weighted by Gasteiger charge is -2.36. The summed E-state index contributed by atoms with van der Waals surface area (Å²) in [6.07, 6.45) is 2.46. The molecule has 0 unspecified atom stereocenters. The average molecular weight is 378 g/mol. The van der Waals surface area contributed by atoms with E-state index in [-0.39, 0.29) is 5.04 Å². The molecule has 0 saturated heterocycles. The second-order valence-electron chi connectivity index (χ2n) is 9.31. The molecule has 1 aliphatic carbocycles. The Morgan fingerprint density at radius 2 is 1.56 bits per heavy atom. The molecule has 2 nitrogen and oxygen atoms in total. The molecule has 0 bridgehead atoms. The van der Waals surface area contributed by atoms with Crippen LogP contribution in [0.1, 0.15) is 50.7 Å². The van der Waals surface area contributed by atoms with Crippen molar-refractivity contribution in [1.82, 2.24) is 0 Å². The maximum atomic E-state index is 8.92. The van der Waals surface area contributed by atoms with Crippen LogP contribution in [0.25, 0.3) is 11.1 Å². The molecule has 2 aromatic carbocycles. The molecule has 3 rings (SSSR count). The lowest BCUT2D eigenvalue weighted by Crippen LogP contribution is -2.41. The molecule has 2 aromatic rings. The second-order valence-corrected chi connectivity index (χ2v) is 14.1. The van der Waals surface area contributed by atoms with Crippen molar-refractivity contribution in [3.63, 3.8) is 0 Å². The fourth-order valence-corrected chi connectivity index (χ4v) is 4.38. The van der Waals surface area contributed by atoms with Crippen molar-refractivity contribution in [3.05, 3.63) is 59.7 Å². The van der Waals surface area contributed by atoms with E-state index in [2.05, 4.69) is 64.2 Å². The van der Waals surface area contributed by atoms with Gasteiger partial charge < -0.3 is 4.43 Å². The molecule has 1 aliphatic rings. The van der Waals surface area contributed by atoms with Crippen LogP contribution in [0.5, 0.6) is 0 Å². The number of benzene rings is 2. The van der Waals surface area contributed by atoms with Crippen LogP contribution in [0.2, 0.25) is 18.1 Å². The summed E-state index contributed by atoms with van der Waals surface area (Å²) in [4.78, 5) is 0. The molecule has 0 spiro atoms. The molecule has 0 radical (unpaired) electrons. The minimum atomic E-state index is -1.62. The van der Waals surface area contributed by atoms with Gasteiger partial charge >= 0.3 is 0 Å². The summed E-state index contributed by atoms with van der Waals surface area (Å²) in [5, 5.41) is 9.21. The number of nitrogens with zero attached hydrogens (tertiary/aromatic N) is 1. The van der Waals surface area contributed by atoms with E-state index in [9.17, 15) is 0 Å². The highest BCUT2D eigenvalue weighted by Gasteiger charge is 2.40. The van der Waals surface area contributed by atoms with Crippen molar-refractivity contribution in [3.8, 4) is 17.2 Å². The minimum Gasteiger partial charge on any atom is -0.417 e. The quantitative estimate of drug-likeness (QED) is 0.522. The van der Waals surface area contributed by atoms with Gasteiger partial charge in [0.05, 0.1) is 11.6 Å². The van der Waals surface area contributed by atoms with Gasteiger partial charge in [0, 0.05) is 6.61 Å². The largest absolute Gasteiger partial charge is 0.417 e. The first-order valence-corrected chi connectivity index (χ1v) is 12.9. The second kappa shape index (κ2) is 7.62. The fraction of sp³-hybridized carbons (Fsp3) is 0.458. The topological polar surface area (TPSA) is 33.0 Å². The summed E-state index contributed by atoms with van der Waals surface area (Å²) in [6, 6.07) is 18.9. The summed E-state index contributed by atoms with van der Waals surface area (Å²) in [6.45, 7) is 12.5. The van der Waals surface area contributed by atoms with E-state index in [1.54, 1.807) is 0 Å². The maximum absolute atomic E-state index is 8.92. The van der Waals surface area contributed by atoms with Crippen LogP contribution >= 0.6 is 0 Å². The summed E-state index contributed by atoms with van der Waals surface area (Å²) in [5.74, 6) is 1.47. The van der Waals surface area contributed by atoms with Gasteiger partial charge in [-0.05, 0) is 71.6 Å². The Kier molecular flexibility index (Phi) is 5.60. The van der Waals surface area contributed by atoms with Gasteiger partial charge in [0.25, 0.3) is 0 Å². The van der Waals surface area contributed by atoms with Crippen LogP contribution in [0, 0.1) is 17.2 Å².